The number of halogens is 2. The van der Waals surface area contributed by atoms with Crippen molar-refractivity contribution in [3.05, 3.63) is 70.7 Å². The highest BCUT2D eigenvalue weighted by Gasteiger charge is 2.09. The zero-order valence-electron chi connectivity index (χ0n) is 13.0. The van der Waals surface area contributed by atoms with Crippen LogP contribution in [0.25, 0.3) is 0 Å². The monoisotopic (exact) mass is 376 g/mol. The number of nitrogens with one attached hydrogen (secondary N) is 1. The minimum absolute atomic E-state index is 0.279. The number of carbonyl (C=O) groups is 1. The Balaban J connectivity index is 1.60. The first kappa shape index (κ1) is 17.3. The zero-order chi connectivity index (χ0) is 17.6. The van der Waals surface area contributed by atoms with Gasteiger partial charge in [-0.15, -0.1) is 0 Å². The third-order valence-electron chi connectivity index (χ3n) is 3.33. The van der Waals surface area contributed by atoms with Gasteiger partial charge in [0.25, 0.3) is 5.91 Å². The maximum absolute atomic E-state index is 12.3. The lowest BCUT2D eigenvalue weighted by molar-refractivity contribution is 0.102. The molecule has 1 aromatic heterocycles. The molecule has 25 heavy (non-hydrogen) atoms. The standard InChI is InChI=1S/C17H14Cl2N4O2/c18-15-5-4-12(8-16(15)19)17(24)22-13-2-1-3-14(9-13)25-7-6-23-11-20-10-21-23/h1-5,8-11H,6-7H2,(H,22,24). The van der Waals surface area contributed by atoms with E-state index in [9.17, 15) is 4.79 Å². The summed E-state index contributed by atoms with van der Waals surface area (Å²) in [5.41, 5.74) is 1.04. The fourth-order valence-corrected chi connectivity index (χ4v) is 2.41. The molecular weight excluding hydrogens is 363 g/mol. The lowest BCUT2D eigenvalue weighted by Gasteiger charge is -2.09. The zero-order valence-corrected chi connectivity index (χ0v) is 14.5. The smallest absolute Gasteiger partial charge is 0.255 e. The van der Waals surface area contributed by atoms with Crippen LogP contribution in [0.1, 0.15) is 10.4 Å². The van der Waals surface area contributed by atoms with Gasteiger partial charge in [0.05, 0.1) is 16.6 Å². The van der Waals surface area contributed by atoms with E-state index in [2.05, 4.69) is 15.4 Å². The van der Waals surface area contributed by atoms with E-state index in [1.807, 2.05) is 6.07 Å². The summed E-state index contributed by atoms with van der Waals surface area (Å²) in [7, 11) is 0. The average Bonchev–Trinajstić information content (AvgIpc) is 3.11. The van der Waals surface area contributed by atoms with Crippen LogP contribution in [0.15, 0.2) is 55.1 Å². The van der Waals surface area contributed by atoms with Crippen molar-refractivity contribution in [2.45, 2.75) is 6.54 Å². The second-order valence-electron chi connectivity index (χ2n) is 5.12. The number of benzene rings is 2. The van der Waals surface area contributed by atoms with Gasteiger partial charge in [-0.3, -0.25) is 4.79 Å². The van der Waals surface area contributed by atoms with Crippen LogP contribution in [0.4, 0.5) is 5.69 Å². The van der Waals surface area contributed by atoms with Crippen molar-refractivity contribution < 1.29 is 9.53 Å². The average molecular weight is 377 g/mol. The predicted octanol–water partition coefficient (Wildman–Crippen LogP) is 3.92. The van der Waals surface area contributed by atoms with Gasteiger partial charge < -0.3 is 10.1 Å². The van der Waals surface area contributed by atoms with E-state index in [0.29, 0.717) is 40.2 Å². The Morgan fingerprint density at radius 2 is 2.04 bits per heavy atom. The van der Waals surface area contributed by atoms with Crippen LogP contribution in [-0.2, 0) is 6.54 Å². The number of hydrogen-bond donors (Lipinski definition) is 1. The molecule has 2 aromatic carbocycles. The molecule has 0 aliphatic rings. The molecule has 1 heterocycles. The van der Waals surface area contributed by atoms with Crippen molar-refractivity contribution in [1.29, 1.82) is 0 Å². The van der Waals surface area contributed by atoms with Gasteiger partial charge in [-0.05, 0) is 30.3 Å². The maximum Gasteiger partial charge on any atom is 0.255 e. The molecule has 8 heteroatoms. The van der Waals surface area contributed by atoms with E-state index >= 15 is 0 Å². The van der Waals surface area contributed by atoms with Crippen molar-refractivity contribution in [2.75, 3.05) is 11.9 Å². The van der Waals surface area contributed by atoms with Crippen LogP contribution < -0.4 is 10.1 Å². The quantitative estimate of drug-likeness (QED) is 0.707. The molecule has 0 radical (unpaired) electrons. The first-order valence-corrected chi connectivity index (χ1v) is 8.19. The Bertz CT molecular complexity index is 869. The number of hydrogen-bond acceptors (Lipinski definition) is 4. The molecule has 1 N–H and O–H groups in total. The Morgan fingerprint density at radius 1 is 1.16 bits per heavy atom. The molecule has 0 atom stereocenters. The Kier molecular flexibility index (Phi) is 5.53. The van der Waals surface area contributed by atoms with E-state index in [1.165, 1.54) is 12.4 Å². The predicted molar refractivity (Wildman–Crippen MR) is 96.4 cm³/mol. The van der Waals surface area contributed by atoms with Crippen molar-refractivity contribution in [3.8, 4) is 5.75 Å². The summed E-state index contributed by atoms with van der Waals surface area (Å²) in [4.78, 5) is 16.2. The molecule has 128 valence electrons. The van der Waals surface area contributed by atoms with Gasteiger partial charge in [-0.1, -0.05) is 29.3 Å². The van der Waals surface area contributed by atoms with E-state index in [0.717, 1.165) is 0 Å². The van der Waals surface area contributed by atoms with E-state index in [1.54, 1.807) is 41.3 Å². The molecule has 0 bridgehead atoms. The second kappa shape index (κ2) is 8.00. The first-order chi connectivity index (χ1) is 12.1. The molecule has 0 spiro atoms. The number of ether oxygens (including phenoxy) is 1. The van der Waals surface area contributed by atoms with Gasteiger partial charge in [-0.25, -0.2) is 9.67 Å². The van der Waals surface area contributed by atoms with Crippen molar-refractivity contribution >= 4 is 34.8 Å². The minimum Gasteiger partial charge on any atom is -0.492 e. The topological polar surface area (TPSA) is 69.0 Å². The van der Waals surface area contributed by atoms with Crippen molar-refractivity contribution in [1.82, 2.24) is 14.8 Å². The number of rotatable bonds is 6. The Hall–Kier alpha value is -2.57. The largest absolute Gasteiger partial charge is 0.492 e. The Morgan fingerprint density at radius 3 is 2.80 bits per heavy atom. The van der Waals surface area contributed by atoms with Crippen molar-refractivity contribution in [3.63, 3.8) is 0 Å². The number of aromatic nitrogens is 3. The van der Waals surface area contributed by atoms with Gasteiger partial charge >= 0.3 is 0 Å². The van der Waals surface area contributed by atoms with Crippen LogP contribution in [0.3, 0.4) is 0 Å². The van der Waals surface area contributed by atoms with Gasteiger partial charge in [0.1, 0.15) is 25.0 Å². The molecule has 3 aromatic rings. The Labute approximate surface area is 154 Å². The number of anilines is 1. The summed E-state index contributed by atoms with van der Waals surface area (Å²) >= 11 is 11.8. The number of amides is 1. The molecule has 0 aliphatic heterocycles. The van der Waals surface area contributed by atoms with Gasteiger partial charge in [-0.2, -0.15) is 5.10 Å². The van der Waals surface area contributed by atoms with E-state index < -0.39 is 0 Å². The van der Waals surface area contributed by atoms with Crippen LogP contribution in [-0.4, -0.2) is 27.3 Å². The number of nitrogens with zero attached hydrogens (tertiary/aromatic N) is 3. The summed E-state index contributed by atoms with van der Waals surface area (Å²) in [5, 5.41) is 7.54. The number of carbonyl (C=O) groups excluding carboxylic acids is 1. The highest BCUT2D eigenvalue weighted by Crippen LogP contribution is 2.23. The molecule has 1 amide bonds. The maximum atomic E-state index is 12.3. The highest BCUT2D eigenvalue weighted by atomic mass is 35.5. The third kappa shape index (κ3) is 4.71. The van der Waals surface area contributed by atoms with Gasteiger partial charge in [0, 0.05) is 17.3 Å². The lowest BCUT2D eigenvalue weighted by Crippen LogP contribution is -2.12. The van der Waals surface area contributed by atoms with E-state index in [4.69, 9.17) is 27.9 Å². The third-order valence-corrected chi connectivity index (χ3v) is 4.07. The molecule has 3 rings (SSSR count). The van der Waals surface area contributed by atoms with Crippen molar-refractivity contribution in [2.24, 2.45) is 0 Å². The van der Waals surface area contributed by atoms with Crippen LogP contribution in [0.5, 0.6) is 5.75 Å². The van der Waals surface area contributed by atoms with Crippen LogP contribution >= 0.6 is 23.2 Å². The summed E-state index contributed by atoms with van der Waals surface area (Å²) in [6.07, 6.45) is 3.09. The lowest BCUT2D eigenvalue weighted by atomic mass is 10.2. The van der Waals surface area contributed by atoms with E-state index in [-0.39, 0.29) is 5.91 Å². The SMILES string of the molecule is O=C(Nc1cccc(OCCn2cncn2)c1)c1ccc(Cl)c(Cl)c1. The second-order valence-corrected chi connectivity index (χ2v) is 5.93. The molecule has 6 nitrogen and oxygen atoms in total. The van der Waals surface area contributed by atoms with Gasteiger partial charge in [0.2, 0.25) is 0 Å². The molecule has 0 saturated carbocycles. The fourth-order valence-electron chi connectivity index (χ4n) is 2.11. The molecule has 0 unspecified atom stereocenters. The fraction of sp³-hybridized carbons (Fsp3) is 0.118. The molecule has 0 aliphatic carbocycles. The minimum atomic E-state index is -0.279. The summed E-state index contributed by atoms with van der Waals surface area (Å²) in [6.45, 7) is 1.02. The highest BCUT2D eigenvalue weighted by molar-refractivity contribution is 6.42. The normalized spacial score (nSPS) is 10.5. The molecule has 0 saturated heterocycles. The summed E-state index contributed by atoms with van der Waals surface area (Å²) in [5.74, 6) is 0.366. The summed E-state index contributed by atoms with van der Waals surface area (Å²) in [6, 6.07) is 11.9. The van der Waals surface area contributed by atoms with Crippen LogP contribution in [0.2, 0.25) is 10.0 Å². The molecular formula is C17H14Cl2N4O2. The summed E-state index contributed by atoms with van der Waals surface area (Å²) < 4.78 is 7.34. The van der Waals surface area contributed by atoms with Crippen LogP contribution in [0, 0.1) is 0 Å². The first-order valence-electron chi connectivity index (χ1n) is 7.43. The van der Waals surface area contributed by atoms with Gasteiger partial charge in [0.15, 0.2) is 0 Å². The molecule has 0 fully saturated rings.